The summed E-state index contributed by atoms with van der Waals surface area (Å²) in [7, 11) is 1.33. The van der Waals surface area contributed by atoms with Crippen molar-refractivity contribution in [2.24, 2.45) is 0 Å². The second-order valence-corrected chi connectivity index (χ2v) is 4.23. The highest BCUT2D eigenvalue weighted by Crippen LogP contribution is 2.32. The van der Waals surface area contributed by atoms with Gasteiger partial charge in [0.1, 0.15) is 0 Å². The molecule has 0 aliphatic heterocycles. The normalized spacial score (nSPS) is 11.3. The summed E-state index contributed by atoms with van der Waals surface area (Å²) in [5, 5.41) is 0. The average molecular weight is 256 g/mol. The molecule has 1 aromatic carbocycles. The number of carbonyl (C=O) groups excluding carboxylic acids is 1. The van der Waals surface area contributed by atoms with Gasteiger partial charge in [-0.1, -0.05) is 37.6 Å². The largest absolute Gasteiger partial charge is 0.469 e. The van der Waals surface area contributed by atoms with E-state index < -0.39 is 5.92 Å². The van der Waals surface area contributed by atoms with Crippen LogP contribution in [0.4, 0.5) is 8.78 Å². The third kappa shape index (κ3) is 4.09. The van der Waals surface area contributed by atoms with Crippen LogP contribution in [0.2, 0.25) is 0 Å². The van der Waals surface area contributed by atoms with E-state index in [0.29, 0.717) is 12.8 Å². The number of ether oxygens (including phenoxy) is 1. The zero-order valence-corrected chi connectivity index (χ0v) is 10.7. The summed E-state index contributed by atoms with van der Waals surface area (Å²) in [5.41, 5.74) is 0.891. The quantitative estimate of drug-likeness (QED) is 0.726. The van der Waals surface area contributed by atoms with Crippen molar-refractivity contribution in [2.45, 2.75) is 38.5 Å². The van der Waals surface area contributed by atoms with Gasteiger partial charge in [-0.2, -0.15) is 0 Å². The Balaban J connectivity index is 2.65. The van der Waals surface area contributed by atoms with E-state index in [1.165, 1.54) is 19.2 Å². The average Bonchev–Trinajstić information content (AvgIpc) is 2.36. The number of esters is 1. The maximum atomic E-state index is 13.6. The molecule has 0 fully saturated rings. The van der Waals surface area contributed by atoms with Crippen LogP contribution in [0.15, 0.2) is 24.3 Å². The minimum atomic E-state index is -2.77. The molecule has 0 spiro atoms. The van der Waals surface area contributed by atoms with Crippen molar-refractivity contribution in [1.82, 2.24) is 0 Å². The van der Waals surface area contributed by atoms with E-state index in [9.17, 15) is 13.6 Å². The summed E-state index contributed by atoms with van der Waals surface area (Å²) < 4.78 is 31.7. The number of methoxy groups -OCH3 is 1. The van der Waals surface area contributed by atoms with Crippen LogP contribution < -0.4 is 0 Å². The zero-order chi connectivity index (χ0) is 13.6. The standard InChI is InChI=1S/C14H18F2O2/c1-3-10-14(15,16)12-7-4-11(5-8-12)6-9-13(17)18-2/h4-5,7-8H,3,6,9-10H2,1-2H3. The molecule has 0 heterocycles. The van der Waals surface area contributed by atoms with Crippen molar-refractivity contribution < 1.29 is 18.3 Å². The SMILES string of the molecule is CCCC(F)(F)c1ccc(CCC(=O)OC)cc1. The van der Waals surface area contributed by atoms with E-state index in [2.05, 4.69) is 4.74 Å². The first kappa shape index (κ1) is 14.6. The van der Waals surface area contributed by atoms with E-state index >= 15 is 0 Å². The summed E-state index contributed by atoms with van der Waals surface area (Å²) in [6, 6.07) is 6.15. The molecular weight excluding hydrogens is 238 g/mol. The number of alkyl halides is 2. The van der Waals surface area contributed by atoms with Crippen molar-refractivity contribution in [1.29, 1.82) is 0 Å². The molecule has 0 unspecified atom stereocenters. The molecule has 1 rings (SSSR count). The highest BCUT2D eigenvalue weighted by Gasteiger charge is 2.29. The predicted octanol–water partition coefficient (Wildman–Crippen LogP) is 3.68. The Bertz CT molecular complexity index is 385. The first-order chi connectivity index (χ1) is 8.49. The molecule has 1 aromatic rings. The van der Waals surface area contributed by atoms with E-state index in [1.54, 1.807) is 19.1 Å². The van der Waals surface area contributed by atoms with Gasteiger partial charge < -0.3 is 4.74 Å². The topological polar surface area (TPSA) is 26.3 Å². The van der Waals surface area contributed by atoms with E-state index in [0.717, 1.165) is 5.56 Å². The Hall–Kier alpha value is -1.45. The van der Waals surface area contributed by atoms with Gasteiger partial charge in [0, 0.05) is 18.4 Å². The smallest absolute Gasteiger partial charge is 0.305 e. The van der Waals surface area contributed by atoms with Gasteiger partial charge >= 0.3 is 5.97 Å². The van der Waals surface area contributed by atoms with Crippen LogP contribution in [-0.4, -0.2) is 13.1 Å². The Morgan fingerprint density at radius 3 is 2.39 bits per heavy atom. The minimum absolute atomic E-state index is 0.0335. The molecule has 2 nitrogen and oxygen atoms in total. The van der Waals surface area contributed by atoms with Crippen LogP contribution in [0.5, 0.6) is 0 Å². The summed E-state index contributed by atoms with van der Waals surface area (Å²) in [6.07, 6.45) is 1.07. The number of hydrogen-bond acceptors (Lipinski definition) is 2. The minimum Gasteiger partial charge on any atom is -0.469 e. The maximum absolute atomic E-state index is 13.6. The monoisotopic (exact) mass is 256 g/mol. The van der Waals surface area contributed by atoms with Crippen LogP contribution in [-0.2, 0) is 21.9 Å². The Morgan fingerprint density at radius 1 is 1.28 bits per heavy atom. The van der Waals surface area contributed by atoms with Crippen molar-refractivity contribution in [3.05, 3.63) is 35.4 Å². The second kappa shape index (κ2) is 6.47. The van der Waals surface area contributed by atoms with Crippen molar-refractivity contribution in [2.75, 3.05) is 7.11 Å². The van der Waals surface area contributed by atoms with Crippen molar-refractivity contribution >= 4 is 5.97 Å². The summed E-state index contributed by atoms with van der Waals surface area (Å²) in [6.45, 7) is 1.73. The number of aryl methyl sites for hydroxylation is 1. The molecular formula is C14H18F2O2. The van der Waals surface area contributed by atoms with Gasteiger partial charge in [0.15, 0.2) is 0 Å². The second-order valence-electron chi connectivity index (χ2n) is 4.23. The summed E-state index contributed by atoms with van der Waals surface area (Å²) >= 11 is 0. The maximum Gasteiger partial charge on any atom is 0.305 e. The Kier molecular flexibility index (Phi) is 5.25. The van der Waals surface area contributed by atoms with Gasteiger partial charge in [-0.15, -0.1) is 0 Å². The highest BCUT2D eigenvalue weighted by atomic mass is 19.3. The lowest BCUT2D eigenvalue weighted by atomic mass is 10.0. The molecule has 0 amide bonds. The van der Waals surface area contributed by atoms with Crippen LogP contribution in [0.1, 0.15) is 37.3 Å². The van der Waals surface area contributed by atoms with Gasteiger partial charge in [0.05, 0.1) is 7.11 Å². The fourth-order valence-corrected chi connectivity index (χ4v) is 1.72. The number of benzene rings is 1. The van der Waals surface area contributed by atoms with E-state index in [4.69, 9.17) is 0 Å². The molecule has 18 heavy (non-hydrogen) atoms. The van der Waals surface area contributed by atoms with Crippen molar-refractivity contribution in [3.8, 4) is 0 Å². The van der Waals surface area contributed by atoms with Gasteiger partial charge in [0.2, 0.25) is 0 Å². The van der Waals surface area contributed by atoms with E-state index in [1.807, 2.05) is 0 Å². The van der Waals surface area contributed by atoms with Crippen LogP contribution >= 0.6 is 0 Å². The molecule has 0 saturated heterocycles. The first-order valence-corrected chi connectivity index (χ1v) is 6.03. The lowest BCUT2D eigenvalue weighted by Gasteiger charge is -2.16. The zero-order valence-electron chi connectivity index (χ0n) is 10.7. The molecule has 0 saturated carbocycles. The molecule has 0 N–H and O–H groups in total. The molecule has 0 aromatic heterocycles. The third-order valence-electron chi connectivity index (χ3n) is 2.79. The lowest BCUT2D eigenvalue weighted by Crippen LogP contribution is -2.12. The van der Waals surface area contributed by atoms with Crippen LogP contribution in [0.25, 0.3) is 0 Å². The first-order valence-electron chi connectivity index (χ1n) is 6.03. The molecule has 0 aliphatic carbocycles. The van der Waals surface area contributed by atoms with E-state index in [-0.39, 0.29) is 24.4 Å². The lowest BCUT2D eigenvalue weighted by molar-refractivity contribution is -0.140. The number of hydrogen-bond donors (Lipinski definition) is 0. The van der Waals surface area contributed by atoms with Crippen LogP contribution in [0.3, 0.4) is 0 Å². The van der Waals surface area contributed by atoms with Crippen molar-refractivity contribution in [3.63, 3.8) is 0 Å². The molecule has 0 atom stereocenters. The molecule has 0 aliphatic rings. The highest BCUT2D eigenvalue weighted by molar-refractivity contribution is 5.69. The molecule has 0 bridgehead atoms. The fraction of sp³-hybridized carbons (Fsp3) is 0.500. The Morgan fingerprint density at radius 2 is 1.89 bits per heavy atom. The molecule has 4 heteroatoms. The number of rotatable bonds is 6. The van der Waals surface area contributed by atoms with Gasteiger partial charge in [-0.3, -0.25) is 4.79 Å². The van der Waals surface area contributed by atoms with Gasteiger partial charge in [-0.05, 0) is 12.0 Å². The molecule has 100 valence electrons. The van der Waals surface area contributed by atoms with Crippen LogP contribution in [0, 0.1) is 0 Å². The number of carbonyl (C=O) groups is 1. The summed E-state index contributed by atoms with van der Waals surface area (Å²) in [4.78, 5) is 11.0. The molecule has 0 radical (unpaired) electrons. The summed E-state index contributed by atoms with van der Waals surface area (Å²) in [5.74, 6) is -3.06. The fourth-order valence-electron chi connectivity index (χ4n) is 1.72. The predicted molar refractivity (Wildman–Crippen MR) is 65.6 cm³/mol. The third-order valence-corrected chi connectivity index (χ3v) is 2.79. The Labute approximate surface area is 106 Å². The van der Waals surface area contributed by atoms with Gasteiger partial charge in [0.25, 0.3) is 5.92 Å². The number of halogens is 2. The van der Waals surface area contributed by atoms with Gasteiger partial charge in [-0.25, -0.2) is 8.78 Å².